The number of carbonyl (C=O) groups excluding carboxylic acids is 1. The van der Waals surface area contributed by atoms with E-state index in [4.69, 9.17) is 9.15 Å². The molecule has 1 fully saturated rings. The first-order valence-corrected chi connectivity index (χ1v) is 12.0. The highest BCUT2D eigenvalue weighted by atomic mass is 32.2. The molecular formula is C21H22N2O5S2. The molecule has 1 unspecified atom stereocenters. The second-order valence-electron chi connectivity index (χ2n) is 7.19. The number of hydrogen-bond donors (Lipinski definition) is 0. The van der Waals surface area contributed by atoms with Crippen molar-refractivity contribution in [2.75, 3.05) is 6.54 Å². The normalized spacial score (nSPS) is 17.7. The van der Waals surface area contributed by atoms with Crippen LogP contribution in [0.3, 0.4) is 0 Å². The number of ether oxygens (including phenoxy) is 1. The van der Waals surface area contributed by atoms with E-state index in [1.165, 1.54) is 27.8 Å². The van der Waals surface area contributed by atoms with Crippen LogP contribution in [-0.4, -0.2) is 36.3 Å². The maximum absolute atomic E-state index is 13.0. The van der Waals surface area contributed by atoms with Gasteiger partial charge in [-0.05, 0) is 50.1 Å². The number of carbonyl (C=O) groups is 1. The predicted molar refractivity (Wildman–Crippen MR) is 113 cm³/mol. The second-order valence-corrected chi connectivity index (χ2v) is 9.93. The Morgan fingerprint density at radius 1 is 1.30 bits per heavy atom. The number of hydrogen-bond acceptors (Lipinski definition) is 7. The van der Waals surface area contributed by atoms with E-state index in [9.17, 15) is 13.2 Å². The van der Waals surface area contributed by atoms with Crippen molar-refractivity contribution in [1.82, 2.24) is 9.29 Å². The number of aromatic nitrogens is 1. The lowest BCUT2D eigenvalue weighted by atomic mass is 10.1. The summed E-state index contributed by atoms with van der Waals surface area (Å²) in [5, 5.41) is 2.50. The van der Waals surface area contributed by atoms with Gasteiger partial charge in [-0.15, -0.1) is 11.3 Å². The molecule has 158 valence electrons. The molecule has 1 aromatic carbocycles. The van der Waals surface area contributed by atoms with Crippen LogP contribution in [0.25, 0.3) is 10.8 Å². The van der Waals surface area contributed by atoms with Crippen LogP contribution in [0.4, 0.5) is 0 Å². The highest BCUT2D eigenvalue weighted by Gasteiger charge is 2.31. The van der Waals surface area contributed by atoms with Gasteiger partial charge >= 0.3 is 5.97 Å². The molecule has 3 aromatic rings. The van der Waals surface area contributed by atoms with Crippen molar-refractivity contribution in [2.24, 2.45) is 0 Å². The third kappa shape index (κ3) is 4.33. The lowest BCUT2D eigenvalue weighted by Crippen LogP contribution is -2.41. The molecule has 0 saturated carbocycles. The predicted octanol–water partition coefficient (Wildman–Crippen LogP) is 4.32. The molecular weight excluding hydrogens is 424 g/mol. The number of nitrogens with zero attached hydrogens (tertiary/aromatic N) is 2. The Bertz CT molecular complexity index is 1120. The van der Waals surface area contributed by atoms with Crippen molar-refractivity contribution < 1.29 is 22.4 Å². The molecule has 1 aliphatic heterocycles. The summed E-state index contributed by atoms with van der Waals surface area (Å²) in [4.78, 5) is 17.0. The number of thiazole rings is 1. The Hall–Kier alpha value is -2.49. The topological polar surface area (TPSA) is 89.7 Å². The first kappa shape index (κ1) is 20.8. The smallest absolute Gasteiger partial charge is 0.338 e. The largest absolute Gasteiger partial charge is 0.462 e. The van der Waals surface area contributed by atoms with Gasteiger partial charge in [0.1, 0.15) is 6.61 Å². The van der Waals surface area contributed by atoms with Crippen molar-refractivity contribution in [3.05, 3.63) is 59.3 Å². The average Bonchev–Trinajstić information content (AvgIpc) is 3.44. The van der Waals surface area contributed by atoms with Gasteiger partial charge in [-0.1, -0.05) is 12.5 Å². The van der Waals surface area contributed by atoms with E-state index < -0.39 is 16.0 Å². The van der Waals surface area contributed by atoms with Gasteiger partial charge in [-0.2, -0.15) is 4.31 Å². The second kappa shape index (κ2) is 8.71. The molecule has 9 heteroatoms. The molecule has 30 heavy (non-hydrogen) atoms. The summed E-state index contributed by atoms with van der Waals surface area (Å²) in [6.45, 7) is 2.41. The molecule has 1 atom stereocenters. The molecule has 3 heterocycles. The van der Waals surface area contributed by atoms with Gasteiger partial charge in [0.15, 0.2) is 10.8 Å². The minimum Gasteiger partial charge on any atom is -0.462 e. The van der Waals surface area contributed by atoms with Crippen LogP contribution < -0.4 is 0 Å². The van der Waals surface area contributed by atoms with Gasteiger partial charge in [0.2, 0.25) is 10.0 Å². The van der Waals surface area contributed by atoms with Gasteiger partial charge < -0.3 is 9.15 Å². The fraction of sp³-hybridized carbons (Fsp3) is 0.333. The van der Waals surface area contributed by atoms with Gasteiger partial charge in [-0.25, -0.2) is 18.2 Å². The lowest BCUT2D eigenvalue weighted by Gasteiger charge is -2.32. The van der Waals surface area contributed by atoms with Crippen LogP contribution in [0.5, 0.6) is 0 Å². The van der Waals surface area contributed by atoms with Gasteiger partial charge in [0.25, 0.3) is 0 Å². The van der Waals surface area contributed by atoms with Crippen molar-refractivity contribution in [1.29, 1.82) is 0 Å². The molecule has 0 bridgehead atoms. The Labute approximate surface area is 179 Å². The van der Waals surface area contributed by atoms with E-state index >= 15 is 0 Å². The first-order valence-electron chi connectivity index (χ1n) is 9.72. The van der Waals surface area contributed by atoms with Gasteiger partial charge in [-0.3, -0.25) is 0 Å². The summed E-state index contributed by atoms with van der Waals surface area (Å²) in [5.41, 5.74) is 0.799. The van der Waals surface area contributed by atoms with E-state index in [2.05, 4.69) is 4.98 Å². The summed E-state index contributed by atoms with van der Waals surface area (Å²) in [6.07, 6.45) is 4.29. The quantitative estimate of drug-likeness (QED) is 0.524. The Kier molecular flexibility index (Phi) is 6.03. The number of rotatable bonds is 6. The van der Waals surface area contributed by atoms with Crippen molar-refractivity contribution >= 4 is 27.3 Å². The number of esters is 1. The van der Waals surface area contributed by atoms with E-state index in [1.807, 2.05) is 13.0 Å². The van der Waals surface area contributed by atoms with Gasteiger partial charge in [0, 0.05) is 18.0 Å². The molecule has 0 radical (unpaired) electrons. The molecule has 0 aliphatic carbocycles. The lowest BCUT2D eigenvalue weighted by molar-refractivity contribution is 0.0468. The van der Waals surface area contributed by atoms with Crippen LogP contribution in [0.15, 0.2) is 57.4 Å². The number of furan rings is 1. The highest BCUT2D eigenvalue weighted by molar-refractivity contribution is 7.89. The first-order chi connectivity index (χ1) is 14.4. The zero-order valence-electron chi connectivity index (χ0n) is 16.5. The zero-order valence-corrected chi connectivity index (χ0v) is 18.1. The molecule has 4 rings (SSSR count). The van der Waals surface area contributed by atoms with Gasteiger partial charge in [0.05, 0.1) is 22.4 Å². The van der Waals surface area contributed by atoms with Crippen LogP contribution in [0, 0.1) is 0 Å². The summed E-state index contributed by atoms with van der Waals surface area (Å²) in [6, 6.07) is 9.56. The minimum atomic E-state index is -3.65. The monoisotopic (exact) mass is 446 g/mol. The van der Waals surface area contributed by atoms with E-state index in [1.54, 1.807) is 29.8 Å². The van der Waals surface area contributed by atoms with E-state index in [0.717, 1.165) is 19.3 Å². The summed E-state index contributed by atoms with van der Waals surface area (Å²) < 4.78 is 38.2. The van der Waals surface area contributed by atoms with Crippen LogP contribution in [-0.2, 0) is 21.4 Å². The molecule has 1 saturated heterocycles. The zero-order chi connectivity index (χ0) is 21.1. The standard InChI is InChI=1S/C21H22N2O5S2/c1-15-6-2-3-10-23(15)30(25,26)18-8-4-7-16(12-18)21(24)28-13-17-14-29-20(22-17)19-9-5-11-27-19/h4-5,7-9,11-12,14-15H,2-3,6,10,13H2,1H3. The third-order valence-electron chi connectivity index (χ3n) is 5.05. The molecule has 0 amide bonds. The Morgan fingerprint density at radius 3 is 2.93 bits per heavy atom. The maximum Gasteiger partial charge on any atom is 0.338 e. The van der Waals surface area contributed by atoms with Crippen LogP contribution >= 0.6 is 11.3 Å². The Balaban J connectivity index is 1.45. The van der Waals surface area contributed by atoms with E-state index in [0.29, 0.717) is 23.0 Å². The number of piperidine rings is 1. The molecule has 0 spiro atoms. The fourth-order valence-corrected chi connectivity index (χ4v) is 5.97. The highest BCUT2D eigenvalue weighted by Crippen LogP contribution is 2.26. The fourth-order valence-electron chi connectivity index (χ4n) is 3.46. The molecule has 0 N–H and O–H groups in total. The molecule has 1 aliphatic rings. The van der Waals surface area contributed by atoms with Crippen LogP contribution in [0.2, 0.25) is 0 Å². The number of benzene rings is 1. The van der Waals surface area contributed by atoms with E-state index in [-0.39, 0.29) is 23.1 Å². The molecule has 7 nitrogen and oxygen atoms in total. The van der Waals surface area contributed by atoms with Crippen LogP contribution in [0.1, 0.15) is 42.2 Å². The van der Waals surface area contributed by atoms with Crippen molar-refractivity contribution in [3.63, 3.8) is 0 Å². The average molecular weight is 447 g/mol. The number of sulfonamides is 1. The summed E-state index contributed by atoms with van der Waals surface area (Å²) in [7, 11) is -3.65. The maximum atomic E-state index is 13.0. The van der Waals surface area contributed by atoms with Crippen molar-refractivity contribution in [3.8, 4) is 10.8 Å². The SMILES string of the molecule is CC1CCCCN1S(=O)(=O)c1cccc(C(=O)OCc2csc(-c3ccco3)n2)c1. The Morgan fingerprint density at radius 2 is 2.17 bits per heavy atom. The summed E-state index contributed by atoms with van der Waals surface area (Å²) >= 11 is 1.40. The molecule has 2 aromatic heterocycles. The summed E-state index contributed by atoms with van der Waals surface area (Å²) in [5.74, 6) is 0.0636. The minimum absolute atomic E-state index is 0.00379. The third-order valence-corrected chi connectivity index (χ3v) is 7.97. The van der Waals surface area contributed by atoms with Crippen molar-refractivity contribution in [2.45, 2.75) is 43.7 Å².